The molecule has 0 bridgehead atoms. The molecule has 4 atom stereocenters. The average Bonchev–Trinajstić information content (AvgIpc) is 2.45. The van der Waals surface area contributed by atoms with Crippen LogP contribution in [0.15, 0.2) is 11.1 Å². The summed E-state index contributed by atoms with van der Waals surface area (Å²) in [6.07, 6.45) is -2.21. The molecule has 0 aromatic carbocycles. The van der Waals surface area contributed by atoms with E-state index in [1.807, 2.05) is 0 Å². The summed E-state index contributed by atoms with van der Waals surface area (Å²) in [5, 5.41) is 30.3. The number of aliphatic hydroxyl groups is 2. The monoisotopic (exact) mass is 313 g/mol. The van der Waals surface area contributed by atoms with Crippen molar-refractivity contribution in [1.82, 2.24) is 5.32 Å². The van der Waals surface area contributed by atoms with Gasteiger partial charge < -0.3 is 25.4 Å². The first kappa shape index (κ1) is 16.4. The normalized spacial score (nSPS) is 31.3. The number of aliphatic hydroxyl groups excluding tert-OH is 2. The molecular formula is C14H19NO7. The summed E-state index contributed by atoms with van der Waals surface area (Å²) in [6, 6.07) is 0. The molecule has 1 saturated carbocycles. The first-order valence-corrected chi connectivity index (χ1v) is 7.06. The topological polar surface area (TPSA) is 133 Å². The maximum atomic E-state index is 12.0. The van der Waals surface area contributed by atoms with Gasteiger partial charge in [0, 0.05) is 11.5 Å². The minimum absolute atomic E-state index is 0.188. The third-order valence-electron chi connectivity index (χ3n) is 4.20. The molecule has 0 spiro atoms. The van der Waals surface area contributed by atoms with E-state index in [0.717, 1.165) is 0 Å². The van der Waals surface area contributed by atoms with E-state index >= 15 is 0 Å². The van der Waals surface area contributed by atoms with Crippen molar-refractivity contribution >= 4 is 17.8 Å². The predicted octanol–water partition coefficient (Wildman–Crippen LogP) is -1.05. The predicted molar refractivity (Wildman–Crippen MR) is 72.6 cm³/mol. The molecule has 0 aromatic heterocycles. The maximum absolute atomic E-state index is 12.0. The second-order valence-corrected chi connectivity index (χ2v) is 5.62. The third-order valence-corrected chi connectivity index (χ3v) is 4.20. The number of amides is 1. The van der Waals surface area contributed by atoms with Gasteiger partial charge in [-0.3, -0.25) is 9.59 Å². The van der Waals surface area contributed by atoms with Gasteiger partial charge in [-0.15, -0.1) is 0 Å². The molecule has 0 saturated heterocycles. The van der Waals surface area contributed by atoms with Crippen LogP contribution in [0.1, 0.15) is 26.2 Å². The fraction of sp³-hybridized carbons (Fsp3) is 0.643. The SMILES string of the molecule is CC1=C(CC(=O)NCC(=O)O)C(=O)OC2C1CCC(O)C2O. The molecule has 0 radical (unpaired) electrons. The van der Waals surface area contributed by atoms with Gasteiger partial charge >= 0.3 is 11.9 Å². The number of carbonyl (C=O) groups excluding carboxylic acids is 2. The van der Waals surface area contributed by atoms with E-state index in [1.54, 1.807) is 6.92 Å². The fourth-order valence-corrected chi connectivity index (χ4v) is 2.95. The number of hydrogen-bond acceptors (Lipinski definition) is 6. The first-order chi connectivity index (χ1) is 10.3. The number of nitrogens with one attached hydrogen (secondary N) is 1. The van der Waals surface area contributed by atoms with Crippen molar-refractivity contribution in [2.75, 3.05) is 6.54 Å². The van der Waals surface area contributed by atoms with E-state index in [2.05, 4.69) is 5.32 Å². The van der Waals surface area contributed by atoms with Crippen LogP contribution in [-0.4, -0.2) is 58.0 Å². The Hall–Kier alpha value is -1.93. The molecule has 4 N–H and O–H groups in total. The highest BCUT2D eigenvalue weighted by molar-refractivity contribution is 5.97. The van der Waals surface area contributed by atoms with E-state index in [0.29, 0.717) is 18.4 Å². The van der Waals surface area contributed by atoms with E-state index in [4.69, 9.17) is 9.84 Å². The smallest absolute Gasteiger partial charge is 0.334 e. The van der Waals surface area contributed by atoms with Crippen LogP contribution in [0.5, 0.6) is 0 Å². The minimum atomic E-state index is -1.17. The minimum Gasteiger partial charge on any atom is -0.480 e. The highest BCUT2D eigenvalue weighted by atomic mass is 16.6. The summed E-state index contributed by atoms with van der Waals surface area (Å²) in [5.41, 5.74) is 0.838. The van der Waals surface area contributed by atoms with Crippen molar-refractivity contribution in [3.05, 3.63) is 11.1 Å². The summed E-state index contributed by atoms with van der Waals surface area (Å²) < 4.78 is 5.18. The molecule has 8 heteroatoms. The van der Waals surface area contributed by atoms with Gasteiger partial charge in [-0.05, 0) is 19.8 Å². The molecule has 8 nitrogen and oxygen atoms in total. The van der Waals surface area contributed by atoms with Crippen LogP contribution in [0.3, 0.4) is 0 Å². The van der Waals surface area contributed by atoms with Crippen molar-refractivity contribution < 1.29 is 34.4 Å². The second-order valence-electron chi connectivity index (χ2n) is 5.62. The number of esters is 1. The van der Waals surface area contributed by atoms with Gasteiger partial charge in [-0.2, -0.15) is 0 Å². The number of rotatable bonds is 4. The van der Waals surface area contributed by atoms with Gasteiger partial charge in [-0.25, -0.2) is 4.79 Å². The number of carbonyl (C=O) groups is 3. The van der Waals surface area contributed by atoms with E-state index < -0.39 is 42.7 Å². The highest BCUT2D eigenvalue weighted by Gasteiger charge is 2.45. The van der Waals surface area contributed by atoms with Crippen molar-refractivity contribution in [1.29, 1.82) is 0 Å². The zero-order valence-electron chi connectivity index (χ0n) is 12.1. The van der Waals surface area contributed by atoms with Crippen LogP contribution in [0.4, 0.5) is 0 Å². The Morgan fingerprint density at radius 2 is 2.00 bits per heavy atom. The van der Waals surface area contributed by atoms with Crippen LogP contribution in [0.25, 0.3) is 0 Å². The molecule has 1 fully saturated rings. The lowest BCUT2D eigenvalue weighted by Gasteiger charge is -2.41. The highest BCUT2D eigenvalue weighted by Crippen LogP contribution is 2.38. The summed E-state index contributed by atoms with van der Waals surface area (Å²) in [6.45, 7) is 1.18. The number of carboxylic acids is 1. The van der Waals surface area contributed by atoms with Crippen LogP contribution in [-0.2, 0) is 19.1 Å². The number of ether oxygens (including phenoxy) is 1. The quantitative estimate of drug-likeness (QED) is 0.487. The summed E-state index contributed by atoms with van der Waals surface area (Å²) in [4.78, 5) is 34.1. The average molecular weight is 313 g/mol. The Labute approximate surface area is 126 Å². The van der Waals surface area contributed by atoms with Gasteiger partial charge in [0.15, 0.2) is 0 Å². The number of fused-ring (bicyclic) bond motifs is 1. The van der Waals surface area contributed by atoms with Crippen molar-refractivity contribution in [2.24, 2.45) is 5.92 Å². The van der Waals surface area contributed by atoms with Crippen LogP contribution in [0.2, 0.25) is 0 Å². The Morgan fingerprint density at radius 3 is 2.64 bits per heavy atom. The lowest BCUT2D eigenvalue weighted by molar-refractivity contribution is -0.170. The fourth-order valence-electron chi connectivity index (χ4n) is 2.95. The molecule has 2 rings (SSSR count). The van der Waals surface area contributed by atoms with Gasteiger partial charge in [0.2, 0.25) is 5.91 Å². The number of aliphatic carboxylic acids is 1. The Bertz CT molecular complexity index is 527. The lowest BCUT2D eigenvalue weighted by atomic mass is 9.75. The first-order valence-electron chi connectivity index (χ1n) is 7.06. The Kier molecular flexibility index (Phi) is 4.82. The Balaban J connectivity index is 2.12. The molecule has 1 aliphatic heterocycles. The second kappa shape index (κ2) is 6.45. The molecule has 4 unspecified atom stereocenters. The lowest BCUT2D eigenvalue weighted by Crippen LogP contribution is -2.51. The standard InChI is InChI=1S/C14H19NO7/c1-6-7-2-3-9(16)12(20)13(7)22-14(21)8(6)4-10(17)15-5-11(18)19/h7,9,12-13,16,20H,2-5H2,1H3,(H,15,17)(H,18,19). The molecule has 22 heavy (non-hydrogen) atoms. The van der Waals surface area contributed by atoms with Crippen molar-refractivity contribution in [2.45, 2.75) is 44.5 Å². The van der Waals surface area contributed by atoms with E-state index in [1.165, 1.54) is 0 Å². The van der Waals surface area contributed by atoms with E-state index in [9.17, 15) is 24.6 Å². The molecule has 0 aromatic rings. The van der Waals surface area contributed by atoms with Gasteiger partial charge in [0.05, 0.1) is 12.5 Å². The van der Waals surface area contributed by atoms with E-state index in [-0.39, 0.29) is 17.9 Å². The molecule has 2 aliphatic rings. The van der Waals surface area contributed by atoms with Gasteiger partial charge in [0.25, 0.3) is 0 Å². The summed E-state index contributed by atoms with van der Waals surface area (Å²) in [5.74, 6) is -2.70. The zero-order valence-corrected chi connectivity index (χ0v) is 12.1. The third kappa shape index (κ3) is 3.28. The Morgan fingerprint density at radius 1 is 1.32 bits per heavy atom. The molecule has 1 heterocycles. The van der Waals surface area contributed by atoms with Crippen LogP contribution in [0, 0.1) is 5.92 Å². The van der Waals surface area contributed by atoms with Crippen molar-refractivity contribution in [3.8, 4) is 0 Å². The van der Waals surface area contributed by atoms with Gasteiger partial charge in [0.1, 0.15) is 18.8 Å². The summed E-state index contributed by atoms with van der Waals surface area (Å²) >= 11 is 0. The number of hydrogen-bond donors (Lipinski definition) is 4. The molecule has 122 valence electrons. The van der Waals surface area contributed by atoms with Crippen LogP contribution < -0.4 is 5.32 Å². The van der Waals surface area contributed by atoms with Crippen LogP contribution >= 0.6 is 0 Å². The van der Waals surface area contributed by atoms with Gasteiger partial charge in [-0.1, -0.05) is 5.57 Å². The molecular weight excluding hydrogens is 294 g/mol. The molecule has 1 amide bonds. The summed E-state index contributed by atoms with van der Waals surface area (Å²) in [7, 11) is 0. The van der Waals surface area contributed by atoms with Crippen molar-refractivity contribution in [3.63, 3.8) is 0 Å². The zero-order chi connectivity index (χ0) is 16.4. The largest absolute Gasteiger partial charge is 0.480 e. The number of carboxylic acid groups (broad SMARTS) is 1. The maximum Gasteiger partial charge on any atom is 0.334 e. The molecule has 1 aliphatic carbocycles.